The molecule has 0 N–H and O–H groups in total. The number of rotatable bonds is 2. The number of fused-ring (bicyclic) bond motifs is 4. The van der Waals surface area contributed by atoms with Crippen molar-refractivity contribution < 1.29 is 79.0 Å². The number of nitrogens with zero attached hydrogens (tertiary/aromatic N) is 4. The Morgan fingerprint density at radius 1 is 0.355 bits per heavy atom. The van der Waals surface area contributed by atoms with Gasteiger partial charge >= 0.3 is 37.1 Å². The molecule has 0 spiro atoms. The average molecular weight is 889 g/mol. The monoisotopic (exact) mass is 888 g/mol. The van der Waals surface area contributed by atoms with Crippen LogP contribution >= 0.6 is 0 Å². The van der Waals surface area contributed by atoms with E-state index in [0.717, 1.165) is 36.4 Å². The standard InChI is InChI=1S/C40H10F18N4/c41-35(42,43)23-7-15(8-24(36(44,45)46)33(23)39(53,54)55)19-3-1-5-21-29(19)27(17(11-59)12-60)32-22-6-2-4-20(30(22)28(31(21)32)18(13-61)14-62)16-9-25(37(47,48)49)34(40(56,57)58)26(10-16)38(50,51)52/h1-10H. The molecule has 0 amide bonds. The Hall–Kier alpha value is -7.20. The fourth-order valence-electron chi connectivity index (χ4n) is 7.45. The summed E-state index contributed by atoms with van der Waals surface area (Å²) < 4.78 is 254. The SMILES string of the molecule is N#CC(C#N)=C1C2=C(C(=C(C#N)C#N)c3c2cccc3-c2cc(C(F)(F)F)c(C(F)(F)F)c(C(F)(F)F)c2)c2cccc(-c3cc(C(F)(F)F)c(C(F)(F)F)c(C(F)(F)F)c3)c21. The van der Waals surface area contributed by atoms with Gasteiger partial charge in [-0.25, -0.2) is 0 Å². The van der Waals surface area contributed by atoms with Crippen molar-refractivity contribution in [2.45, 2.75) is 37.1 Å². The van der Waals surface area contributed by atoms with Gasteiger partial charge in [-0.3, -0.25) is 0 Å². The van der Waals surface area contributed by atoms with Gasteiger partial charge in [-0.1, -0.05) is 36.4 Å². The zero-order valence-electron chi connectivity index (χ0n) is 29.4. The molecule has 0 fully saturated rings. The maximum atomic E-state index is 14.2. The highest BCUT2D eigenvalue weighted by atomic mass is 19.4. The van der Waals surface area contributed by atoms with Crippen molar-refractivity contribution in [1.82, 2.24) is 0 Å². The molecule has 4 aromatic rings. The summed E-state index contributed by atoms with van der Waals surface area (Å²) in [5, 5.41) is 40.3. The Labute approximate surface area is 333 Å². The number of hydrogen-bond donors (Lipinski definition) is 0. The second kappa shape index (κ2) is 14.2. The van der Waals surface area contributed by atoms with Crippen LogP contribution in [0.3, 0.4) is 0 Å². The van der Waals surface area contributed by atoms with E-state index in [1.165, 1.54) is 24.3 Å². The van der Waals surface area contributed by atoms with Crippen molar-refractivity contribution in [2.75, 3.05) is 0 Å². The van der Waals surface area contributed by atoms with Gasteiger partial charge in [0.05, 0.1) is 33.4 Å². The van der Waals surface area contributed by atoms with Gasteiger partial charge in [0.2, 0.25) is 0 Å². The molecule has 22 heteroatoms. The van der Waals surface area contributed by atoms with Crippen LogP contribution in [0.1, 0.15) is 55.6 Å². The van der Waals surface area contributed by atoms with Crippen molar-refractivity contribution in [2.24, 2.45) is 0 Å². The van der Waals surface area contributed by atoms with E-state index in [1.54, 1.807) is 0 Å². The maximum Gasteiger partial charge on any atom is 0.417 e. The van der Waals surface area contributed by atoms with Gasteiger partial charge in [-0.2, -0.15) is 100 Å². The van der Waals surface area contributed by atoms with Crippen LogP contribution in [-0.2, 0) is 37.1 Å². The van der Waals surface area contributed by atoms with E-state index >= 15 is 0 Å². The molecule has 62 heavy (non-hydrogen) atoms. The summed E-state index contributed by atoms with van der Waals surface area (Å²) >= 11 is 0. The predicted octanol–water partition coefficient (Wildman–Crippen LogP) is 13.7. The number of alkyl halides is 18. The summed E-state index contributed by atoms with van der Waals surface area (Å²) in [6, 6.07) is 9.75. The van der Waals surface area contributed by atoms with Crippen LogP contribution in [0.15, 0.2) is 71.8 Å². The normalized spacial score (nSPS) is 14.1. The van der Waals surface area contributed by atoms with Crippen molar-refractivity contribution in [1.29, 1.82) is 21.0 Å². The van der Waals surface area contributed by atoms with E-state index in [9.17, 15) is 100 Å². The quantitative estimate of drug-likeness (QED) is 0.148. The molecule has 6 rings (SSSR count). The molecule has 2 aliphatic rings. The van der Waals surface area contributed by atoms with Crippen molar-refractivity contribution in [3.05, 3.63) is 127 Å². The Morgan fingerprint density at radius 3 is 0.806 bits per heavy atom. The summed E-state index contributed by atoms with van der Waals surface area (Å²) in [7, 11) is 0. The first kappa shape index (κ1) is 44.4. The highest BCUT2D eigenvalue weighted by Crippen LogP contribution is 2.63. The van der Waals surface area contributed by atoms with E-state index in [-0.39, 0.29) is 24.3 Å². The molecule has 0 aromatic heterocycles. The first-order chi connectivity index (χ1) is 28.4. The van der Waals surface area contributed by atoms with Crippen LogP contribution in [0.5, 0.6) is 0 Å². The Kier molecular flexibility index (Phi) is 10.2. The number of hydrogen-bond acceptors (Lipinski definition) is 4. The topological polar surface area (TPSA) is 95.2 Å². The fourth-order valence-corrected chi connectivity index (χ4v) is 7.45. The van der Waals surface area contributed by atoms with E-state index < -0.39 is 148 Å². The molecule has 0 aliphatic heterocycles. The van der Waals surface area contributed by atoms with E-state index in [4.69, 9.17) is 0 Å². The number of benzene rings is 4. The largest absolute Gasteiger partial charge is 0.417 e. The van der Waals surface area contributed by atoms with Gasteiger partial charge in [-0.05, 0) is 57.6 Å². The van der Waals surface area contributed by atoms with Crippen LogP contribution in [-0.4, -0.2) is 0 Å². The summed E-state index contributed by atoms with van der Waals surface area (Å²) in [5.74, 6) is 0. The minimum Gasteiger partial charge on any atom is -0.192 e. The Morgan fingerprint density at radius 2 is 0.597 bits per heavy atom. The minimum absolute atomic E-state index is 0.299. The van der Waals surface area contributed by atoms with Gasteiger partial charge in [-0.15, -0.1) is 0 Å². The minimum atomic E-state index is -6.25. The van der Waals surface area contributed by atoms with Crippen molar-refractivity contribution >= 4 is 22.3 Å². The average Bonchev–Trinajstić information content (AvgIpc) is 3.66. The molecule has 4 aromatic carbocycles. The lowest BCUT2D eigenvalue weighted by atomic mass is 9.82. The Bertz CT molecular complexity index is 2600. The third-order valence-corrected chi connectivity index (χ3v) is 9.55. The van der Waals surface area contributed by atoms with Crippen molar-refractivity contribution in [3.63, 3.8) is 0 Å². The number of halogens is 18. The molecule has 0 bridgehead atoms. The van der Waals surface area contributed by atoms with Gasteiger partial charge in [0.25, 0.3) is 0 Å². The molecule has 0 saturated heterocycles. The van der Waals surface area contributed by atoms with Gasteiger partial charge < -0.3 is 0 Å². The number of nitriles is 4. The summed E-state index contributed by atoms with van der Waals surface area (Å²) in [6.07, 6.45) is -37.0. The first-order valence-electron chi connectivity index (χ1n) is 16.3. The molecule has 0 atom stereocenters. The molecule has 0 unspecified atom stereocenters. The molecule has 0 heterocycles. The number of allylic oxidation sites excluding steroid dienone is 6. The zero-order valence-corrected chi connectivity index (χ0v) is 29.4. The van der Waals surface area contributed by atoms with Crippen LogP contribution in [0.25, 0.3) is 44.5 Å². The Balaban J connectivity index is 1.78. The second-order valence-electron chi connectivity index (χ2n) is 13.0. The molecule has 2 aliphatic carbocycles. The molecular weight excluding hydrogens is 878 g/mol. The van der Waals surface area contributed by atoms with Gasteiger partial charge in [0.1, 0.15) is 35.4 Å². The molecule has 4 nitrogen and oxygen atoms in total. The van der Waals surface area contributed by atoms with Gasteiger partial charge in [0, 0.05) is 33.4 Å². The van der Waals surface area contributed by atoms with E-state index in [1.807, 2.05) is 0 Å². The predicted molar refractivity (Wildman–Crippen MR) is 177 cm³/mol. The summed E-state index contributed by atoms with van der Waals surface area (Å²) in [4.78, 5) is 0. The third-order valence-electron chi connectivity index (χ3n) is 9.55. The lowest BCUT2D eigenvalue weighted by molar-refractivity contribution is -0.174. The van der Waals surface area contributed by atoms with Gasteiger partial charge in [0.15, 0.2) is 0 Å². The van der Waals surface area contributed by atoms with Crippen LogP contribution < -0.4 is 0 Å². The lowest BCUT2D eigenvalue weighted by Crippen LogP contribution is -2.23. The first-order valence-corrected chi connectivity index (χ1v) is 16.3. The maximum absolute atomic E-state index is 14.2. The zero-order chi connectivity index (χ0) is 46.4. The molecule has 0 saturated carbocycles. The second-order valence-corrected chi connectivity index (χ2v) is 13.0. The highest BCUT2D eigenvalue weighted by molar-refractivity contribution is 6.39. The third kappa shape index (κ3) is 7.15. The molecule has 0 radical (unpaired) electrons. The van der Waals surface area contributed by atoms with E-state index in [2.05, 4.69) is 0 Å². The highest BCUT2D eigenvalue weighted by Gasteiger charge is 2.53. The van der Waals surface area contributed by atoms with Crippen LogP contribution in [0.4, 0.5) is 79.0 Å². The smallest absolute Gasteiger partial charge is 0.192 e. The molecular formula is C40H10F18N4. The lowest BCUT2D eigenvalue weighted by Gasteiger charge is -2.24. The summed E-state index contributed by atoms with van der Waals surface area (Å²) in [5.41, 5.74) is -28.6. The fraction of sp³-hybridized carbons (Fsp3) is 0.150. The molecule has 316 valence electrons. The summed E-state index contributed by atoms with van der Waals surface area (Å²) in [6.45, 7) is 0. The van der Waals surface area contributed by atoms with Crippen LogP contribution in [0, 0.1) is 45.3 Å². The van der Waals surface area contributed by atoms with Crippen LogP contribution in [0.2, 0.25) is 0 Å². The van der Waals surface area contributed by atoms with Crippen molar-refractivity contribution in [3.8, 4) is 46.5 Å². The van der Waals surface area contributed by atoms with E-state index in [0.29, 0.717) is 0 Å².